The third-order valence-corrected chi connectivity index (χ3v) is 7.40. The Morgan fingerprint density at radius 2 is 1.37 bits per heavy atom. The molecule has 38 heavy (non-hydrogen) atoms. The van der Waals surface area contributed by atoms with Crippen molar-refractivity contribution < 1.29 is 0 Å². The summed E-state index contributed by atoms with van der Waals surface area (Å²) in [4.78, 5) is 17.2. The average molecular weight is 509 g/mol. The minimum absolute atomic E-state index is 0.383. The number of rotatable bonds is 11. The summed E-state index contributed by atoms with van der Waals surface area (Å²) in [7, 11) is 4.23. The standard InChI is InChI=1S/C32H40N6/c1-36(2)19-11-18-33-32-28-16-9-10-17-30(28)34-31(35-32)25-38-22-20-37(21-23-38)24-29(26-12-5-3-6-13-26)27-14-7-4-8-15-27/h3-10,12-17,29H,11,18-25H2,1-2H3,(H,33,34,35). The third-order valence-electron chi connectivity index (χ3n) is 7.40. The highest BCUT2D eigenvalue weighted by molar-refractivity contribution is 5.88. The van der Waals surface area contributed by atoms with Crippen LogP contribution in [0.4, 0.5) is 5.82 Å². The van der Waals surface area contributed by atoms with E-state index >= 15 is 0 Å². The Balaban J connectivity index is 1.22. The van der Waals surface area contributed by atoms with Crippen molar-refractivity contribution in [1.82, 2.24) is 24.7 Å². The van der Waals surface area contributed by atoms with Gasteiger partial charge in [-0.15, -0.1) is 0 Å². The maximum atomic E-state index is 4.97. The predicted molar refractivity (Wildman–Crippen MR) is 158 cm³/mol. The van der Waals surface area contributed by atoms with Crippen LogP contribution in [0.2, 0.25) is 0 Å². The number of anilines is 1. The lowest BCUT2D eigenvalue weighted by atomic mass is 9.90. The van der Waals surface area contributed by atoms with E-state index in [1.54, 1.807) is 0 Å². The molecule has 0 unspecified atom stereocenters. The van der Waals surface area contributed by atoms with Crippen LogP contribution in [0.1, 0.15) is 29.3 Å². The van der Waals surface area contributed by atoms with E-state index in [4.69, 9.17) is 9.97 Å². The van der Waals surface area contributed by atoms with Crippen LogP contribution < -0.4 is 5.32 Å². The Labute approximate surface area is 227 Å². The number of hydrogen-bond donors (Lipinski definition) is 1. The average Bonchev–Trinajstić information content (AvgIpc) is 2.95. The second kappa shape index (κ2) is 13.0. The zero-order chi connectivity index (χ0) is 26.2. The van der Waals surface area contributed by atoms with E-state index < -0.39 is 0 Å². The molecular weight excluding hydrogens is 468 g/mol. The summed E-state index contributed by atoms with van der Waals surface area (Å²) in [6, 6.07) is 30.2. The van der Waals surface area contributed by atoms with Gasteiger partial charge in [0.15, 0.2) is 0 Å². The monoisotopic (exact) mass is 508 g/mol. The predicted octanol–water partition coefficient (Wildman–Crippen LogP) is 4.94. The molecule has 0 atom stereocenters. The van der Waals surface area contributed by atoms with E-state index in [0.717, 1.165) is 81.3 Å². The minimum atomic E-state index is 0.383. The van der Waals surface area contributed by atoms with Crippen LogP contribution in [0.5, 0.6) is 0 Å². The Morgan fingerprint density at radius 1 is 0.763 bits per heavy atom. The number of benzene rings is 3. The zero-order valence-corrected chi connectivity index (χ0v) is 22.8. The van der Waals surface area contributed by atoms with Crippen LogP contribution in [-0.4, -0.2) is 84.6 Å². The SMILES string of the molecule is CN(C)CCCNc1nc(CN2CCN(CC(c3ccccc3)c3ccccc3)CC2)nc2ccccc12. The van der Waals surface area contributed by atoms with Gasteiger partial charge >= 0.3 is 0 Å². The molecule has 1 aliphatic rings. The van der Waals surface area contributed by atoms with Crippen LogP contribution in [0.15, 0.2) is 84.9 Å². The van der Waals surface area contributed by atoms with Crippen LogP contribution in [0.25, 0.3) is 10.9 Å². The number of nitrogens with one attached hydrogen (secondary N) is 1. The molecule has 0 amide bonds. The maximum absolute atomic E-state index is 4.97. The first kappa shape index (κ1) is 26.3. The summed E-state index contributed by atoms with van der Waals surface area (Å²) in [6.07, 6.45) is 1.08. The van der Waals surface area contributed by atoms with E-state index in [1.807, 2.05) is 0 Å². The Bertz CT molecular complexity index is 1230. The minimum Gasteiger partial charge on any atom is -0.369 e. The molecule has 1 saturated heterocycles. The molecule has 0 spiro atoms. The molecule has 198 valence electrons. The number of para-hydroxylation sites is 1. The summed E-state index contributed by atoms with van der Waals surface area (Å²) >= 11 is 0. The van der Waals surface area contributed by atoms with Crippen LogP contribution in [0.3, 0.4) is 0 Å². The first-order chi connectivity index (χ1) is 18.7. The Hall–Kier alpha value is -3.32. The largest absolute Gasteiger partial charge is 0.369 e. The molecular formula is C32H40N6. The highest BCUT2D eigenvalue weighted by Crippen LogP contribution is 2.26. The first-order valence-corrected chi connectivity index (χ1v) is 13.8. The summed E-state index contributed by atoms with van der Waals surface area (Å²) in [5.74, 6) is 2.24. The lowest BCUT2D eigenvalue weighted by Gasteiger charge is -2.36. The van der Waals surface area contributed by atoms with Gasteiger partial charge in [-0.25, -0.2) is 9.97 Å². The highest BCUT2D eigenvalue weighted by atomic mass is 15.3. The number of fused-ring (bicyclic) bond motifs is 1. The Kier molecular flexibility index (Phi) is 8.97. The van der Waals surface area contributed by atoms with Crippen molar-refractivity contribution in [2.24, 2.45) is 0 Å². The van der Waals surface area contributed by atoms with E-state index in [0.29, 0.717) is 5.92 Å². The molecule has 0 aliphatic carbocycles. The second-order valence-electron chi connectivity index (χ2n) is 10.5. The van der Waals surface area contributed by atoms with Crippen molar-refractivity contribution in [3.05, 3.63) is 102 Å². The van der Waals surface area contributed by atoms with Gasteiger partial charge in [-0.3, -0.25) is 9.80 Å². The van der Waals surface area contributed by atoms with E-state index in [1.165, 1.54) is 11.1 Å². The molecule has 1 aromatic heterocycles. The molecule has 1 aliphatic heterocycles. The maximum Gasteiger partial charge on any atom is 0.145 e. The van der Waals surface area contributed by atoms with Gasteiger partial charge in [-0.2, -0.15) is 0 Å². The van der Waals surface area contributed by atoms with Gasteiger partial charge in [0.2, 0.25) is 0 Å². The molecule has 3 aromatic carbocycles. The number of aromatic nitrogens is 2. The molecule has 0 bridgehead atoms. The van der Waals surface area contributed by atoms with Crippen molar-refractivity contribution in [3.63, 3.8) is 0 Å². The fourth-order valence-corrected chi connectivity index (χ4v) is 5.29. The molecule has 0 radical (unpaired) electrons. The number of piperazine rings is 1. The summed E-state index contributed by atoms with van der Waals surface area (Å²) < 4.78 is 0. The van der Waals surface area contributed by atoms with Gasteiger partial charge < -0.3 is 10.2 Å². The fourth-order valence-electron chi connectivity index (χ4n) is 5.29. The molecule has 6 heteroatoms. The van der Waals surface area contributed by atoms with E-state index in [-0.39, 0.29) is 0 Å². The van der Waals surface area contributed by atoms with Gasteiger partial charge in [0.1, 0.15) is 11.6 Å². The zero-order valence-electron chi connectivity index (χ0n) is 22.8. The highest BCUT2D eigenvalue weighted by Gasteiger charge is 2.23. The van der Waals surface area contributed by atoms with Gasteiger partial charge in [0.25, 0.3) is 0 Å². The van der Waals surface area contributed by atoms with Gasteiger partial charge in [0, 0.05) is 50.6 Å². The lowest BCUT2D eigenvalue weighted by Crippen LogP contribution is -2.47. The summed E-state index contributed by atoms with van der Waals surface area (Å²) in [6.45, 7) is 7.94. The smallest absolute Gasteiger partial charge is 0.145 e. The molecule has 1 fully saturated rings. The van der Waals surface area contributed by atoms with E-state index in [9.17, 15) is 0 Å². The molecule has 0 saturated carbocycles. The number of hydrogen-bond acceptors (Lipinski definition) is 6. The molecule has 1 N–H and O–H groups in total. The molecule has 4 aromatic rings. The van der Waals surface area contributed by atoms with Crippen molar-refractivity contribution in [2.75, 3.05) is 65.2 Å². The van der Waals surface area contributed by atoms with Crippen molar-refractivity contribution >= 4 is 16.7 Å². The third kappa shape index (κ3) is 6.95. The van der Waals surface area contributed by atoms with Crippen molar-refractivity contribution in [2.45, 2.75) is 18.9 Å². The summed E-state index contributed by atoms with van der Waals surface area (Å²) in [5.41, 5.74) is 3.78. The fraction of sp³-hybridized carbons (Fsp3) is 0.375. The topological polar surface area (TPSA) is 47.5 Å². The van der Waals surface area contributed by atoms with Gasteiger partial charge in [-0.05, 0) is 50.3 Å². The van der Waals surface area contributed by atoms with E-state index in [2.05, 4.69) is 119 Å². The van der Waals surface area contributed by atoms with Crippen LogP contribution >= 0.6 is 0 Å². The molecule has 2 heterocycles. The van der Waals surface area contributed by atoms with Crippen molar-refractivity contribution in [3.8, 4) is 0 Å². The Morgan fingerprint density at radius 3 is 2.03 bits per heavy atom. The van der Waals surface area contributed by atoms with Gasteiger partial charge in [-0.1, -0.05) is 72.8 Å². The summed E-state index contributed by atoms with van der Waals surface area (Å²) in [5, 5.41) is 4.67. The first-order valence-electron chi connectivity index (χ1n) is 13.8. The van der Waals surface area contributed by atoms with Crippen LogP contribution in [0, 0.1) is 0 Å². The molecule has 6 nitrogen and oxygen atoms in total. The second-order valence-corrected chi connectivity index (χ2v) is 10.5. The van der Waals surface area contributed by atoms with Crippen LogP contribution in [-0.2, 0) is 6.54 Å². The molecule has 5 rings (SSSR count). The normalized spacial score (nSPS) is 14.9. The quantitative estimate of drug-likeness (QED) is 0.290. The van der Waals surface area contributed by atoms with Gasteiger partial charge in [0.05, 0.1) is 12.1 Å². The lowest BCUT2D eigenvalue weighted by molar-refractivity contribution is 0.122. The van der Waals surface area contributed by atoms with Crippen molar-refractivity contribution in [1.29, 1.82) is 0 Å². The number of nitrogens with zero attached hydrogens (tertiary/aromatic N) is 5.